The van der Waals surface area contributed by atoms with Crippen molar-refractivity contribution in [1.82, 2.24) is 34.7 Å². The summed E-state index contributed by atoms with van der Waals surface area (Å²) in [6.45, 7) is 1.57. The predicted octanol–water partition coefficient (Wildman–Crippen LogP) is -0.0193. The van der Waals surface area contributed by atoms with E-state index < -0.39 is 16.1 Å². The Labute approximate surface area is 147 Å². The van der Waals surface area contributed by atoms with E-state index in [4.69, 9.17) is 4.74 Å². The fourth-order valence-corrected chi connectivity index (χ4v) is 3.22. The highest BCUT2D eigenvalue weighted by Gasteiger charge is 2.23. The predicted molar refractivity (Wildman–Crippen MR) is 89.0 cm³/mol. The topological polar surface area (TPSA) is 154 Å². The van der Waals surface area contributed by atoms with Crippen molar-refractivity contribution in [2.75, 3.05) is 12.4 Å². The van der Waals surface area contributed by atoms with Gasteiger partial charge in [-0.1, -0.05) is 11.3 Å². The minimum absolute atomic E-state index is 0.0139. The van der Waals surface area contributed by atoms with Gasteiger partial charge < -0.3 is 4.74 Å². The third kappa shape index (κ3) is 3.37. The van der Waals surface area contributed by atoms with Gasteiger partial charge in [0.15, 0.2) is 0 Å². The van der Waals surface area contributed by atoms with Crippen LogP contribution in [0.4, 0.5) is 10.7 Å². The minimum Gasteiger partial charge on any atom is -0.467 e. The summed E-state index contributed by atoms with van der Waals surface area (Å²) in [5, 5.41) is 9.83. The molecule has 0 aliphatic rings. The molecule has 3 aromatic rings. The molecule has 0 atom stereocenters. The molecule has 26 heavy (non-hydrogen) atoms. The van der Waals surface area contributed by atoms with Gasteiger partial charge >= 0.3 is 12.0 Å². The van der Waals surface area contributed by atoms with Crippen LogP contribution in [0.5, 0.6) is 6.01 Å². The Kier molecular flexibility index (Phi) is 4.38. The first kappa shape index (κ1) is 17.5. The first-order valence-electron chi connectivity index (χ1n) is 7.19. The lowest BCUT2D eigenvalue weighted by molar-refractivity contribution is 0.256. The number of hydrogen-bond acceptors (Lipinski definition) is 9. The number of fused-ring (bicyclic) bond motifs is 1. The monoisotopic (exact) mass is 378 g/mol. The molecule has 0 unspecified atom stereocenters. The van der Waals surface area contributed by atoms with E-state index in [9.17, 15) is 13.2 Å². The molecule has 0 fully saturated rings. The molecule has 0 saturated carbocycles. The Morgan fingerprint density at radius 3 is 2.73 bits per heavy atom. The number of carbonyl (C=O) groups is 1. The molecular weight excluding hydrogens is 364 g/mol. The molecular formula is C13H14N8O4S. The second-order valence-corrected chi connectivity index (χ2v) is 6.74. The maximum Gasteiger partial charge on any atom is 0.335 e. The molecule has 3 rings (SSSR count). The lowest BCUT2D eigenvalue weighted by atomic mass is 10.3. The highest BCUT2D eigenvalue weighted by Crippen LogP contribution is 2.20. The number of aryl methyl sites for hydroxylation is 2. The largest absolute Gasteiger partial charge is 0.467 e. The third-order valence-corrected chi connectivity index (χ3v) is 4.62. The number of aromatic nitrogens is 6. The molecule has 0 aliphatic heterocycles. The third-order valence-electron chi connectivity index (χ3n) is 3.26. The molecule has 0 aliphatic carbocycles. The van der Waals surface area contributed by atoms with Gasteiger partial charge in [-0.15, -0.1) is 5.10 Å². The summed E-state index contributed by atoms with van der Waals surface area (Å²) in [5.41, 5.74) is 0.652. The standard InChI is InChI=1S/C13H14N8O4S/c1-7-14-11(17-13(15-7)25-3)16-12(22)19-26(23,24)9-6-4-5-8-10(9)18-20-21(8)2/h4-6H,1-3H3,(H2,14,15,16,17,19,22). The van der Waals surface area contributed by atoms with E-state index in [0.29, 0.717) is 11.3 Å². The van der Waals surface area contributed by atoms with Crippen LogP contribution in [0.1, 0.15) is 5.82 Å². The fraction of sp³-hybridized carbons (Fsp3) is 0.231. The Morgan fingerprint density at radius 1 is 1.23 bits per heavy atom. The van der Waals surface area contributed by atoms with Crippen molar-refractivity contribution in [2.45, 2.75) is 11.8 Å². The summed E-state index contributed by atoms with van der Waals surface area (Å²) in [5.74, 6) is 0.138. The van der Waals surface area contributed by atoms with E-state index in [-0.39, 0.29) is 22.4 Å². The molecule has 12 nitrogen and oxygen atoms in total. The lowest BCUT2D eigenvalue weighted by Gasteiger charge is -2.09. The van der Waals surface area contributed by atoms with Crippen LogP contribution in [0.2, 0.25) is 0 Å². The van der Waals surface area contributed by atoms with E-state index >= 15 is 0 Å². The zero-order valence-electron chi connectivity index (χ0n) is 14.0. The number of benzene rings is 1. The maximum atomic E-state index is 12.5. The average molecular weight is 378 g/mol. The van der Waals surface area contributed by atoms with Crippen LogP contribution < -0.4 is 14.8 Å². The maximum absolute atomic E-state index is 12.5. The van der Waals surface area contributed by atoms with Gasteiger partial charge in [0.25, 0.3) is 10.0 Å². The van der Waals surface area contributed by atoms with Gasteiger partial charge in [0.1, 0.15) is 16.2 Å². The summed E-state index contributed by atoms with van der Waals surface area (Å²) in [6.07, 6.45) is 0. The normalized spacial score (nSPS) is 11.3. The summed E-state index contributed by atoms with van der Waals surface area (Å²) in [4.78, 5) is 23.5. The second-order valence-electron chi connectivity index (χ2n) is 5.09. The SMILES string of the molecule is COc1nc(C)nc(NC(=O)NS(=O)(=O)c2cccc3c2nnn3C)n1. The Morgan fingerprint density at radius 2 is 2.00 bits per heavy atom. The quantitative estimate of drug-likeness (QED) is 0.637. The van der Waals surface area contributed by atoms with Crippen molar-refractivity contribution in [3.05, 3.63) is 24.0 Å². The summed E-state index contributed by atoms with van der Waals surface area (Å²) in [7, 11) is -1.22. The highest BCUT2D eigenvalue weighted by molar-refractivity contribution is 7.90. The molecule has 2 aromatic heterocycles. The number of nitrogens with one attached hydrogen (secondary N) is 2. The summed E-state index contributed by atoms with van der Waals surface area (Å²) < 4.78 is 33.2. The number of sulfonamides is 1. The van der Waals surface area contributed by atoms with Crippen molar-refractivity contribution in [3.8, 4) is 6.01 Å². The van der Waals surface area contributed by atoms with Crippen molar-refractivity contribution < 1.29 is 17.9 Å². The van der Waals surface area contributed by atoms with Crippen LogP contribution in [0.3, 0.4) is 0 Å². The fourth-order valence-electron chi connectivity index (χ4n) is 2.16. The van der Waals surface area contributed by atoms with Crippen LogP contribution >= 0.6 is 0 Å². The first-order valence-corrected chi connectivity index (χ1v) is 8.67. The molecule has 2 N–H and O–H groups in total. The van der Waals surface area contributed by atoms with Crippen LogP contribution in [0.15, 0.2) is 23.1 Å². The lowest BCUT2D eigenvalue weighted by Crippen LogP contribution is -2.35. The molecule has 0 radical (unpaired) electrons. The van der Waals surface area contributed by atoms with Crippen LogP contribution in [0.25, 0.3) is 11.0 Å². The number of amides is 2. The average Bonchev–Trinajstić information content (AvgIpc) is 2.95. The molecule has 2 heterocycles. The Bertz CT molecular complexity index is 1090. The van der Waals surface area contributed by atoms with E-state index in [2.05, 4.69) is 30.6 Å². The van der Waals surface area contributed by atoms with Crippen molar-refractivity contribution in [1.29, 1.82) is 0 Å². The zero-order chi connectivity index (χ0) is 18.9. The number of rotatable bonds is 4. The van der Waals surface area contributed by atoms with E-state index in [1.54, 1.807) is 20.0 Å². The minimum atomic E-state index is -4.20. The zero-order valence-corrected chi connectivity index (χ0v) is 14.8. The van der Waals surface area contributed by atoms with Gasteiger partial charge in [-0.05, 0) is 19.1 Å². The molecule has 136 valence electrons. The van der Waals surface area contributed by atoms with Gasteiger partial charge in [-0.25, -0.2) is 22.6 Å². The van der Waals surface area contributed by atoms with Crippen LogP contribution in [-0.2, 0) is 17.1 Å². The van der Waals surface area contributed by atoms with Gasteiger partial charge in [-0.3, -0.25) is 5.32 Å². The van der Waals surface area contributed by atoms with E-state index in [1.807, 2.05) is 4.72 Å². The second kappa shape index (κ2) is 6.51. The number of urea groups is 1. The number of anilines is 1. The molecule has 0 saturated heterocycles. The number of nitrogens with zero attached hydrogens (tertiary/aromatic N) is 6. The van der Waals surface area contributed by atoms with E-state index in [0.717, 1.165) is 0 Å². The van der Waals surface area contributed by atoms with Crippen LogP contribution in [-0.4, -0.2) is 51.5 Å². The van der Waals surface area contributed by atoms with Gasteiger partial charge in [0, 0.05) is 7.05 Å². The number of hydrogen-bond donors (Lipinski definition) is 2. The Balaban J connectivity index is 1.85. The van der Waals surface area contributed by atoms with Gasteiger partial charge in [-0.2, -0.15) is 15.0 Å². The van der Waals surface area contributed by atoms with E-state index in [1.165, 1.54) is 23.9 Å². The highest BCUT2D eigenvalue weighted by atomic mass is 32.2. The van der Waals surface area contributed by atoms with Crippen LogP contribution in [0, 0.1) is 6.92 Å². The molecule has 1 aromatic carbocycles. The molecule has 0 bridgehead atoms. The molecule has 0 spiro atoms. The Hall–Kier alpha value is -3.35. The smallest absolute Gasteiger partial charge is 0.335 e. The van der Waals surface area contributed by atoms with Gasteiger partial charge in [0.2, 0.25) is 5.95 Å². The van der Waals surface area contributed by atoms with Crippen molar-refractivity contribution >= 4 is 33.0 Å². The number of carbonyl (C=O) groups excluding carboxylic acids is 1. The first-order chi connectivity index (χ1) is 12.3. The van der Waals surface area contributed by atoms with Crippen molar-refractivity contribution in [2.24, 2.45) is 7.05 Å². The van der Waals surface area contributed by atoms with Gasteiger partial charge in [0.05, 0.1) is 12.6 Å². The number of methoxy groups -OCH3 is 1. The van der Waals surface area contributed by atoms with Crippen molar-refractivity contribution in [3.63, 3.8) is 0 Å². The summed E-state index contributed by atoms with van der Waals surface area (Å²) in [6, 6.07) is 3.45. The molecule has 2 amide bonds. The molecule has 13 heteroatoms. The number of ether oxygens (including phenoxy) is 1. The summed E-state index contributed by atoms with van der Waals surface area (Å²) >= 11 is 0.